The Kier molecular flexibility index (Phi) is 4.88. The molecule has 0 aliphatic carbocycles. The van der Waals surface area contributed by atoms with E-state index >= 15 is 0 Å². The second-order valence-electron chi connectivity index (χ2n) is 3.15. The fraction of sp³-hybridized carbons (Fsp3) is 0.300. The molecule has 0 saturated carbocycles. The molecule has 1 aromatic carbocycles. The van der Waals surface area contributed by atoms with E-state index < -0.39 is 5.91 Å². The number of rotatable bonds is 6. The van der Waals surface area contributed by atoms with E-state index in [1.165, 1.54) is 0 Å². The third kappa shape index (κ3) is 3.96. The zero-order chi connectivity index (χ0) is 12.0. The van der Waals surface area contributed by atoms with Crippen LogP contribution in [0.5, 0.6) is 0 Å². The first-order valence-electron chi connectivity index (χ1n) is 4.75. The highest BCUT2D eigenvalue weighted by Gasteiger charge is 2.01. The largest absolute Gasteiger partial charge is 0.396 e. The second kappa shape index (κ2) is 6.19. The normalized spacial score (nSPS) is 10.1. The first kappa shape index (κ1) is 12.6. The van der Waals surface area contributed by atoms with Gasteiger partial charge in [-0.3, -0.25) is 4.79 Å². The highest BCUT2D eigenvalue weighted by atomic mass is 35.5. The molecule has 0 aliphatic rings. The number of benzene rings is 1. The van der Waals surface area contributed by atoms with Gasteiger partial charge in [0, 0.05) is 6.54 Å². The van der Waals surface area contributed by atoms with Crippen molar-refractivity contribution < 1.29 is 9.53 Å². The lowest BCUT2D eigenvalue weighted by atomic mass is 10.2. The summed E-state index contributed by atoms with van der Waals surface area (Å²) >= 11 is 5.84. The van der Waals surface area contributed by atoms with Crippen molar-refractivity contribution in [1.82, 2.24) is 0 Å². The number of ether oxygens (including phenoxy) is 1. The first-order valence-corrected chi connectivity index (χ1v) is 5.13. The highest BCUT2D eigenvalue weighted by Crippen LogP contribution is 2.26. The van der Waals surface area contributed by atoms with Crippen molar-refractivity contribution in [3.63, 3.8) is 0 Å². The summed E-state index contributed by atoms with van der Waals surface area (Å²) in [5.41, 5.74) is 11.9. The predicted molar refractivity (Wildman–Crippen MR) is 64.4 cm³/mol. The van der Waals surface area contributed by atoms with E-state index in [1.807, 2.05) is 6.07 Å². The van der Waals surface area contributed by atoms with Crippen LogP contribution in [-0.4, -0.2) is 25.7 Å². The molecule has 0 spiro atoms. The Labute approximate surface area is 98.7 Å². The van der Waals surface area contributed by atoms with Gasteiger partial charge in [-0.2, -0.15) is 0 Å². The molecule has 0 unspecified atom stereocenters. The van der Waals surface area contributed by atoms with Gasteiger partial charge in [0.25, 0.3) is 0 Å². The van der Waals surface area contributed by atoms with Crippen molar-refractivity contribution >= 4 is 28.9 Å². The topological polar surface area (TPSA) is 90.4 Å². The second-order valence-corrected chi connectivity index (χ2v) is 3.55. The summed E-state index contributed by atoms with van der Waals surface area (Å²) in [5, 5.41) is 3.54. The number of hydrogen-bond acceptors (Lipinski definition) is 4. The zero-order valence-corrected chi connectivity index (χ0v) is 9.46. The van der Waals surface area contributed by atoms with E-state index in [2.05, 4.69) is 5.32 Å². The van der Waals surface area contributed by atoms with E-state index in [0.29, 0.717) is 23.9 Å². The summed E-state index contributed by atoms with van der Waals surface area (Å²) in [5.74, 6) is -0.484. The number of primary amides is 1. The van der Waals surface area contributed by atoms with Crippen LogP contribution in [-0.2, 0) is 9.53 Å². The van der Waals surface area contributed by atoms with E-state index in [-0.39, 0.29) is 6.61 Å². The molecule has 16 heavy (non-hydrogen) atoms. The summed E-state index contributed by atoms with van der Waals surface area (Å²) in [7, 11) is 0. The Morgan fingerprint density at radius 2 is 2.25 bits per heavy atom. The molecular formula is C10H14ClN3O2. The first-order chi connectivity index (χ1) is 7.61. The van der Waals surface area contributed by atoms with Gasteiger partial charge in [0.1, 0.15) is 6.61 Å². The van der Waals surface area contributed by atoms with Gasteiger partial charge >= 0.3 is 0 Å². The Bertz CT molecular complexity index is 371. The van der Waals surface area contributed by atoms with Gasteiger partial charge in [0.15, 0.2) is 0 Å². The third-order valence-corrected chi connectivity index (χ3v) is 2.19. The van der Waals surface area contributed by atoms with Crippen molar-refractivity contribution in [3.05, 3.63) is 23.2 Å². The van der Waals surface area contributed by atoms with Crippen LogP contribution in [0, 0.1) is 0 Å². The van der Waals surface area contributed by atoms with E-state index in [9.17, 15) is 4.79 Å². The van der Waals surface area contributed by atoms with Crippen LogP contribution in [0.4, 0.5) is 11.4 Å². The van der Waals surface area contributed by atoms with Gasteiger partial charge in [0.2, 0.25) is 5.91 Å². The molecule has 0 atom stereocenters. The molecule has 5 N–H and O–H groups in total. The summed E-state index contributed by atoms with van der Waals surface area (Å²) < 4.78 is 4.98. The molecule has 5 nitrogen and oxygen atoms in total. The highest BCUT2D eigenvalue weighted by molar-refractivity contribution is 6.33. The standard InChI is InChI=1S/C10H14ClN3O2/c11-7-2-1-3-8(10(7)13)14-4-5-16-6-9(12)15/h1-3,14H,4-6,13H2,(H2,12,15). The molecule has 0 bridgehead atoms. The number of nitrogens with one attached hydrogen (secondary N) is 1. The molecule has 0 aromatic heterocycles. The van der Waals surface area contributed by atoms with Crippen LogP contribution in [0.1, 0.15) is 0 Å². The van der Waals surface area contributed by atoms with Gasteiger partial charge in [-0.25, -0.2) is 0 Å². The lowest BCUT2D eigenvalue weighted by molar-refractivity contribution is -0.122. The van der Waals surface area contributed by atoms with E-state index in [0.717, 1.165) is 5.69 Å². The summed E-state index contributed by atoms with van der Waals surface area (Å²) in [6.07, 6.45) is 0. The molecule has 1 aromatic rings. The maximum Gasteiger partial charge on any atom is 0.243 e. The number of halogens is 1. The van der Waals surface area contributed by atoms with Crippen LogP contribution in [0.15, 0.2) is 18.2 Å². The van der Waals surface area contributed by atoms with Crippen LogP contribution in [0.3, 0.4) is 0 Å². The maximum atomic E-state index is 10.4. The summed E-state index contributed by atoms with van der Waals surface area (Å²) in [6, 6.07) is 5.33. The summed E-state index contributed by atoms with van der Waals surface area (Å²) in [4.78, 5) is 10.4. The van der Waals surface area contributed by atoms with Gasteiger partial charge < -0.3 is 21.5 Å². The Morgan fingerprint density at radius 1 is 1.50 bits per heavy atom. The fourth-order valence-electron chi connectivity index (χ4n) is 1.12. The van der Waals surface area contributed by atoms with Crippen LogP contribution in [0.2, 0.25) is 5.02 Å². The Balaban J connectivity index is 2.32. The molecule has 88 valence electrons. The smallest absolute Gasteiger partial charge is 0.243 e. The van der Waals surface area contributed by atoms with Gasteiger partial charge in [0.05, 0.1) is 23.0 Å². The minimum absolute atomic E-state index is 0.0767. The number of nitrogens with two attached hydrogens (primary N) is 2. The molecule has 0 radical (unpaired) electrons. The lowest BCUT2D eigenvalue weighted by Gasteiger charge is -2.09. The number of amides is 1. The molecule has 0 saturated heterocycles. The molecule has 0 fully saturated rings. The van der Waals surface area contributed by atoms with Crippen LogP contribution < -0.4 is 16.8 Å². The van der Waals surface area contributed by atoms with Gasteiger partial charge in [-0.05, 0) is 12.1 Å². The minimum atomic E-state index is -0.484. The molecule has 0 heterocycles. The molecule has 1 amide bonds. The van der Waals surface area contributed by atoms with Crippen molar-refractivity contribution in [2.24, 2.45) is 5.73 Å². The van der Waals surface area contributed by atoms with Crippen molar-refractivity contribution in [2.75, 3.05) is 30.8 Å². The number of nitrogen functional groups attached to an aromatic ring is 1. The molecular weight excluding hydrogens is 230 g/mol. The van der Waals surface area contributed by atoms with E-state index in [1.54, 1.807) is 12.1 Å². The molecule has 1 rings (SSSR count). The maximum absolute atomic E-state index is 10.4. The predicted octanol–water partition coefficient (Wildman–Crippen LogP) is 0.836. The minimum Gasteiger partial charge on any atom is -0.396 e. The van der Waals surface area contributed by atoms with Gasteiger partial charge in [-0.15, -0.1) is 0 Å². The summed E-state index contributed by atoms with van der Waals surface area (Å²) in [6.45, 7) is 0.819. The number of anilines is 2. The van der Waals surface area contributed by atoms with Crippen LogP contribution in [0.25, 0.3) is 0 Å². The lowest BCUT2D eigenvalue weighted by Crippen LogP contribution is -2.20. The van der Waals surface area contributed by atoms with Crippen molar-refractivity contribution in [3.8, 4) is 0 Å². The Hall–Kier alpha value is -1.46. The van der Waals surface area contributed by atoms with Gasteiger partial charge in [-0.1, -0.05) is 17.7 Å². The van der Waals surface area contributed by atoms with Crippen molar-refractivity contribution in [2.45, 2.75) is 0 Å². The van der Waals surface area contributed by atoms with Crippen LogP contribution >= 0.6 is 11.6 Å². The zero-order valence-electron chi connectivity index (χ0n) is 8.70. The Morgan fingerprint density at radius 3 is 2.94 bits per heavy atom. The SMILES string of the molecule is NC(=O)COCCNc1cccc(Cl)c1N. The molecule has 6 heteroatoms. The van der Waals surface area contributed by atoms with Crippen molar-refractivity contribution in [1.29, 1.82) is 0 Å². The fourth-order valence-corrected chi connectivity index (χ4v) is 1.30. The quantitative estimate of drug-likeness (QED) is 0.510. The number of carbonyl (C=O) groups excluding carboxylic acids is 1. The average Bonchev–Trinajstić information content (AvgIpc) is 2.23. The molecule has 0 aliphatic heterocycles. The number of para-hydroxylation sites is 1. The monoisotopic (exact) mass is 243 g/mol. The third-order valence-electron chi connectivity index (χ3n) is 1.86. The average molecular weight is 244 g/mol. The van der Waals surface area contributed by atoms with E-state index in [4.69, 9.17) is 27.8 Å². The number of hydrogen-bond donors (Lipinski definition) is 3. The number of carbonyl (C=O) groups is 1.